The Morgan fingerprint density at radius 2 is 2.17 bits per heavy atom. The number of nitroso groups, excluding NO2 is 1. The van der Waals surface area contributed by atoms with E-state index < -0.39 is 5.54 Å². The Hall–Kier alpha value is -0.910. The van der Waals surface area contributed by atoms with Gasteiger partial charge in [-0.05, 0) is 31.6 Å². The summed E-state index contributed by atoms with van der Waals surface area (Å²) in [6.45, 7) is 2.18. The fraction of sp³-hybridized carbons (Fsp3) is 0.889. The van der Waals surface area contributed by atoms with E-state index in [1.54, 1.807) is 0 Å². The molecule has 0 aromatic rings. The average molecular weight is 166 g/mol. The number of nitrogens with zero attached hydrogens (tertiary/aromatic N) is 2. The summed E-state index contributed by atoms with van der Waals surface area (Å²) in [4.78, 5) is 10.6. The Balaban J connectivity index is 2.58. The molecule has 1 saturated carbocycles. The molecule has 0 radical (unpaired) electrons. The molecule has 0 aromatic carbocycles. The van der Waals surface area contributed by atoms with E-state index in [9.17, 15) is 4.91 Å². The van der Waals surface area contributed by atoms with Crippen LogP contribution in [0, 0.1) is 22.2 Å². The van der Waals surface area contributed by atoms with Crippen LogP contribution in [-0.4, -0.2) is 5.54 Å². The van der Waals surface area contributed by atoms with E-state index in [0.29, 0.717) is 12.3 Å². The van der Waals surface area contributed by atoms with Gasteiger partial charge in [-0.2, -0.15) is 10.2 Å². The molecule has 0 N–H and O–H groups in total. The highest BCUT2D eigenvalue weighted by Gasteiger charge is 2.35. The Morgan fingerprint density at radius 1 is 1.58 bits per heavy atom. The van der Waals surface area contributed by atoms with Crippen LogP contribution >= 0.6 is 0 Å². The lowest BCUT2D eigenvalue weighted by Crippen LogP contribution is -2.30. The lowest BCUT2D eigenvalue weighted by Gasteiger charge is -2.31. The maximum atomic E-state index is 10.6. The second-order valence-corrected chi connectivity index (χ2v) is 3.83. The minimum Gasteiger partial charge on any atom is -0.198 e. The molecule has 0 spiro atoms. The van der Waals surface area contributed by atoms with E-state index in [2.05, 4.69) is 18.2 Å². The predicted molar refractivity (Wildman–Crippen MR) is 46.4 cm³/mol. The van der Waals surface area contributed by atoms with E-state index in [1.165, 1.54) is 0 Å². The van der Waals surface area contributed by atoms with Gasteiger partial charge in [-0.3, -0.25) is 0 Å². The Morgan fingerprint density at radius 3 is 2.58 bits per heavy atom. The van der Waals surface area contributed by atoms with Gasteiger partial charge in [-0.25, -0.2) is 0 Å². The van der Waals surface area contributed by atoms with Gasteiger partial charge in [0.15, 0.2) is 0 Å². The maximum absolute atomic E-state index is 10.6. The molecule has 66 valence electrons. The van der Waals surface area contributed by atoms with Crippen molar-refractivity contribution in [1.29, 1.82) is 5.26 Å². The highest BCUT2D eigenvalue weighted by Crippen LogP contribution is 2.36. The van der Waals surface area contributed by atoms with Crippen LogP contribution in [0.1, 0.15) is 39.0 Å². The summed E-state index contributed by atoms with van der Waals surface area (Å²) < 4.78 is 0. The first kappa shape index (κ1) is 9.18. The monoisotopic (exact) mass is 166 g/mol. The standard InChI is InChI=1S/C9H14N2O/c1-8-2-4-9(11-12,5-3-8)6-7-10/h8H,2-6H2,1H3. The molecule has 0 unspecified atom stereocenters. The van der Waals surface area contributed by atoms with Crippen LogP contribution in [0.25, 0.3) is 0 Å². The Kier molecular flexibility index (Phi) is 2.80. The highest BCUT2D eigenvalue weighted by molar-refractivity contribution is 4.98. The second-order valence-electron chi connectivity index (χ2n) is 3.83. The summed E-state index contributed by atoms with van der Waals surface area (Å²) in [5.41, 5.74) is -0.540. The molecule has 1 aliphatic carbocycles. The van der Waals surface area contributed by atoms with E-state index >= 15 is 0 Å². The lowest BCUT2D eigenvalue weighted by atomic mass is 9.76. The number of nitriles is 1. The van der Waals surface area contributed by atoms with Gasteiger partial charge >= 0.3 is 0 Å². The third-order valence-corrected chi connectivity index (χ3v) is 2.81. The average Bonchev–Trinajstić information content (AvgIpc) is 2.10. The zero-order valence-corrected chi connectivity index (χ0v) is 7.42. The molecule has 0 aliphatic heterocycles. The molecule has 1 rings (SSSR count). The first-order valence-corrected chi connectivity index (χ1v) is 4.44. The summed E-state index contributed by atoms with van der Waals surface area (Å²) in [5.74, 6) is 0.693. The highest BCUT2D eigenvalue weighted by atomic mass is 16.3. The Bertz CT molecular complexity index is 199. The molecule has 12 heavy (non-hydrogen) atoms. The van der Waals surface area contributed by atoms with Gasteiger partial charge < -0.3 is 0 Å². The largest absolute Gasteiger partial charge is 0.198 e. The zero-order valence-electron chi connectivity index (χ0n) is 7.42. The molecule has 3 nitrogen and oxygen atoms in total. The third kappa shape index (κ3) is 1.82. The molecular weight excluding hydrogens is 152 g/mol. The third-order valence-electron chi connectivity index (χ3n) is 2.81. The lowest BCUT2D eigenvalue weighted by molar-refractivity contribution is 0.249. The normalized spacial score (nSPS) is 35.5. The Labute approximate surface area is 72.7 Å². The number of rotatable bonds is 2. The summed E-state index contributed by atoms with van der Waals surface area (Å²) >= 11 is 0. The van der Waals surface area contributed by atoms with Gasteiger partial charge in [-0.1, -0.05) is 12.1 Å². The summed E-state index contributed by atoms with van der Waals surface area (Å²) in [7, 11) is 0. The minimum atomic E-state index is -0.540. The molecule has 0 heterocycles. The van der Waals surface area contributed by atoms with Crippen molar-refractivity contribution in [3.8, 4) is 6.07 Å². The summed E-state index contributed by atoms with van der Waals surface area (Å²) in [6.07, 6.45) is 3.96. The quantitative estimate of drug-likeness (QED) is 0.592. The van der Waals surface area contributed by atoms with Crippen molar-refractivity contribution in [2.24, 2.45) is 11.1 Å². The van der Waals surface area contributed by atoms with Crippen LogP contribution in [0.15, 0.2) is 5.18 Å². The van der Waals surface area contributed by atoms with Crippen molar-refractivity contribution < 1.29 is 0 Å². The second kappa shape index (κ2) is 3.66. The van der Waals surface area contributed by atoms with Crippen LogP contribution in [0.5, 0.6) is 0 Å². The molecule has 0 atom stereocenters. The SMILES string of the molecule is CC1CCC(CC#N)(N=O)CC1. The van der Waals surface area contributed by atoms with Crippen LogP contribution < -0.4 is 0 Å². The van der Waals surface area contributed by atoms with Crippen molar-refractivity contribution in [3.63, 3.8) is 0 Å². The van der Waals surface area contributed by atoms with Crippen LogP contribution in [-0.2, 0) is 0 Å². The van der Waals surface area contributed by atoms with E-state index in [-0.39, 0.29) is 0 Å². The van der Waals surface area contributed by atoms with E-state index in [0.717, 1.165) is 25.7 Å². The summed E-state index contributed by atoms with van der Waals surface area (Å²) in [5, 5.41) is 11.7. The van der Waals surface area contributed by atoms with Crippen LogP contribution in [0.2, 0.25) is 0 Å². The topological polar surface area (TPSA) is 53.2 Å². The molecular formula is C9H14N2O. The fourth-order valence-electron chi connectivity index (χ4n) is 1.75. The number of hydrogen-bond donors (Lipinski definition) is 0. The van der Waals surface area contributed by atoms with Gasteiger partial charge in [0.25, 0.3) is 0 Å². The first-order valence-electron chi connectivity index (χ1n) is 4.44. The van der Waals surface area contributed by atoms with Crippen LogP contribution in [0.3, 0.4) is 0 Å². The molecule has 1 aliphatic rings. The van der Waals surface area contributed by atoms with Crippen molar-refractivity contribution in [2.45, 2.75) is 44.6 Å². The first-order chi connectivity index (χ1) is 5.72. The van der Waals surface area contributed by atoms with Gasteiger partial charge in [0.2, 0.25) is 0 Å². The van der Waals surface area contributed by atoms with Gasteiger partial charge in [0.05, 0.1) is 12.5 Å². The van der Waals surface area contributed by atoms with E-state index in [4.69, 9.17) is 5.26 Å². The van der Waals surface area contributed by atoms with Crippen molar-refractivity contribution >= 4 is 0 Å². The van der Waals surface area contributed by atoms with E-state index in [1.807, 2.05) is 0 Å². The molecule has 0 bridgehead atoms. The zero-order chi connectivity index (χ0) is 9.03. The van der Waals surface area contributed by atoms with Gasteiger partial charge in [0, 0.05) is 0 Å². The predicted octanol–water partition coefficient (Wildman–Crippen LogP) is 2.62. The van der Waals surface area contributed by atoms with Crippen molar-refractivity contribution in [2.75, 3.05) is 0 Å². The smallest absolute Gasteiger partial charge is 0.116 e. The molecule has 0 saturated heterocycles. The van der Waals surface area contributed by atoms with Crippen molar-refractivity contribution in [1.82, 2.24) is 0 Å². The minimum absolute atomic E-state index is 0.295. The number of hydrogen-bond acceptors (Lipinski definition) is 3. The molecule has 3 heteroatoms. The van der Waals surface area contributed by atoms with Crippen LogP contribution in [0.4, 0.5) is 0 Å². The summed E-state index contributed by atoms with van der Waals surface area (Å²) in [6, 6.07) is 2.05. The van der Waals surface area contributed by atoms with Crippen molar-refractivity contribution in [3.05, 3.63) is 4.91 Å². The fourth-order valence-corrected chi connectivity index (χ4v) is 1.75. The van der Waals surface area contributed by atoms with Gasteiger partial charge in [0.1, 0.15) is 5.54 Å². The molecule has 0 amide bonds. The molecule has 0 aromatic heterocycles. The molecule has 1 fully saturated rings. The van der Waals surface area contributed by atoms with Gasteiger partial charge in [-0.15, -0.1) is 0 Å². The maximum Gasteiger partial charge on any atom is 0.116 e.